The van der Waals surface area contributed by atoms with Gasteiger partial charge < -0.3 is 5.32 Å². The largest absolute Gasteiger partial charge is 0.317 e. The zero-order valence-electron chi connectivity index (χ0n) is 6.36. The van der Waals surface area contributed by atoms with E-state index in [1.807, 2.05) is 0 Å². The Labute approximate surface area is 66.9 Å². The van der Waals surface area contributed by atoms with Crippen LogP contribution in [0, 0.1) is 0 Å². The first kappa shape index (κ1) is 11.4. The standard InChI is InChI=1S/C6H9F4NO/c1-11-2-3(7)4(8)5(12)6(9)10/h3-4,6,11H,2H2,1H3. The molecule has 0 rings (SSSR count). The predicted octanol–water partition coefficient (Wildman–Crippen LogP) is 0.716. The molecule has 2 nitrogen and oxygen atoms in total. The van der Waals surface area contributed by atoms with Crippen LogP contribution in [0.3, 0.4) is 0 Å². The van der Waals surface area contributed by atoms with Crippen molar-refractivity contribution in [3.8, 4) is 0 Å². The molecule has 12 heavy (non-hydrogen) atoms. The fraction of sp³-hybridized carbons (Fsp3) is 0.833. The SMILES string of the molecule is CNCC(F)C(F)C(=O)C(F)F. The fourth-order valence-electron chi connectivity index (χ4n) is 0.597. The van der Waals surface area contributed by atoms with Gasteiger partial charge in [-0.25, -0.2) is 17.6 Å². The van der Waals surface area contributed by atoms with E-state index in [0.717, 1.165) is 0 Å². The quantitative estimate of drug-likeness (QED) is 0.642. The Morgan fingerprint density at radius 1 is 1.33 bits per heavy atom. The van der Waals surface area contributed by atoms with Crippen LogP contribution in [0.25, 0.3) is 0 Å². The van der Waals surface area contributed by atoms with Crippen molar-refractivity contribution in [1.29, 1.82) is 0 Å². The third-order valence-corrected chi connectivity index (χ3v) is 1.20. The number of nitrogens with one attached hydrogen (secondary N) is 1. The predicted molar refractivity (Wildman–Crippen MR) is 34.7 cm³/mol. The molecule has 0 aromatic carbocycles. The number of alkyl halides is 4. The smallest absolute Gasteiger partial charge is 0.299 e. The number of hydrogen-bond donors (Lipinski definition) is 1. The number of rotatable bonds is 5. The first-order chi connectivity index (χ1) is 5.50. The summed E-state index contributed by atoms with van der Waals surface area (Å²) in [5, 5.41) is 2.23. The minimum absolute atomic E-state index is 0.459. The van der Waals surface area contributed by atoms with Gasteiger partial charge in [-0.05, 0) is 7.05 Å². The Kier molecular flexibility index (Phi) is 4.80. The Morgan fingerprint density at radius 2 is 1.83 bits per heavy atom. The highest BCUT2D eigenvalue weighted by Crippen LogP contribution is 2.09. The molecule has 0 spiro atoms. The molecule has 72 valence electrons. The molecule has 0 aliphatic carbocycles. The summed E-state index contributed by atoms with van der Waals surface area (Å²) in [5.74, 6) is -2.00. The molecule has 0 aliphatic rings. The number of carbonyl (C=O) groups is 1. The van der Waals surface area contributed by atoms with Crippen LogP contribution in [0.2, 0.25) is 0 Å². The highest BCUT2D eigenvalue weighted by molar-refractivity contribution is 5.86. The van der Waals surface area contributed by atoms with Gasteiger partial charge in [-0.3, -0.25) is 4.79 Å². The van der Waals surface area contributed by atoms with Crippen LogP contribution in [0.5, 0.6) is 0 Å². The number of Topliss-reactive ketones (excluding diaryl/α,β-unsaturated/α-hetero) is 1. The van der Waals surface area contributed by atoms with Gasteiger partial charge in [-0.15, -0.1) is 0 Å². The van der Waals surface area contributed by atoms with Crippen LogP contribution in [0.1, 0.15) is 0 Å². The summed E-state index contributed by atoms with van der Waals surface area (Å²) in [6, 6.07) is 0. The highest BCUT2D eigenvalue weighted by atomic mass is 19.3. The van der Waals surface area contributed by atoms with Crippen LogP contribution < -0.4 is 5.32 Å². The molecule has 0 radical (unpaired) electrons. The van der Waals surface area contributed by atoms with Crippen LogP contribution in [-0.2, 0) is 4.79 Å². The van der Waals surface area contributed by atoms with E-state index in [4.69, 9.17) is 0 Å². The highest BCUT2D eigenvalue weighted by Gasteiger charge is 2.33. The molecule has 2 atom stereocenters. The lowest BCUT2D eigenvalue weighted by Gasteiger charge is -2.10. The monoisotopic (exact) mass is 187 g/mol. The first-order valence-corrected chi connectivity index (χ1v) is 3.25. The van der Waals surface area contributed by atoms with E-state index < -0.39 is 31.1 Å². The van der Waals surface area contributed by atoms with Crippen molar-refractivity contribution >= 4 is 5.78 Å². The average molecular weight is 187 g/mol. The summed E-state index contributed by atoms with van der Waals surface area (Å²) in [5.41, 5.74) is 0. The minimum Gasteiger partial charge on any atom is -0.317 e. The van der Waals surface area contributed by atoms with Crippen molar-refractivity contribution in [2.75, 3.05) is 13.6 Å². The molecule has 0 saturated heterocycles. The molecule has 0 aromatic heterocycles. The minimum atomic E-state index is -3.45. The van der Waals surface area contributed by atoms with E-state index in [1.54, 1.807) is 0 Å². The molecule has 0 aliphatic heterocycles. The first-order valence-electron chi connectivity index (χ1n) is 3.25. The van der Waals surface area contributed by atoms with Crippen molar-refractivity contribution < 1.29 is 22.4 Å². The van der Waals surface area contributed by atoms with E-state index >= 15 is 0 Å². The van der Waals surface area contributed by atoms with Crippen molar-refractivity contribution in [2.45, 2.75) is 18.8 Å². The molecular formula is C6H9F4NO. The molecule has 0 bridgehead atoms. The Balaban J connectivity index is 4.00. The number of carbonyl (C=O) groups excluding carboxylic acids is 1. The number of hydrogen-bond acceptors (Lipinski definition) is 2. The topological polar surface area (TPSA) is 29.1 Å². The fourth-order valence-corrected chi connectivity index (χ4v) is 0.597. The third-order valence-electron chi connectivity index (χ3n) is 1.20. The second kappa shape index (κ2) is 5.08. The number of ketones is 1. The summed E-state index contributed by atoms with van der Waals surface area (Å²) in [6.45, 7) is -0.459. The second-order valence-corrected chi connectivity index (χ2v) is 2.18. The van der Waals surface area contributed by atoms with Crippen LogP contribution in [-0.4, -0.2) is 38.1 Å². The van der Waals surface area contributed by atoms with Gasteiger partial charge in [0, 0.05) is 6.54 Å². The van der Waals surface area contributed by atoms with Gasteiger partial charge in [-0.2, -0.15) is 0 Å². The Morgan fingerprint density at radius 3 is 2.17 bits per heavy atom. The van der Waals surface area contributed by atoms with Crippen LogP contribution in [0.4, 0.5) is 17.6 Å². The molecule has 0 fully saturated rings. The van der Waals surface area contributed by atoms with Gasteiger partial charge in [0.2, 0.25) is 5.78 Å². The zero-order chi connectivity index (χ0) is 9.72. The maximum Gasteiger partial charge on any atom is 0.299 e. The van der Waals surface area contributed by atoms with Gasteiger partial charge in [-0.1, -0.05) is 0 Å². The lowest BCUT2D eigenvalue weighted by molar-refractivity contribution is -0.136. The summed E-state index contributed by atoms with van der Waals surface area (Å²) in [7, 11) is 1.33. The van der Waals surface area contributed by atoms with Gasteiger partial charge >= 0.3 is 0 Å². The van der Waals surface area contributed by atoms with Gasteiger partial charge in [0.15, 0.2) is 12.3 Å². The van der Waals surface area contributed by atoms with Crippen LogP contribution in [0.15, 0.2) is 0 Å². The lowest BCUT2D eigenvalue weighted by Crippen LogP contribution is -2.37. The summed E-state index contributed by atoms with van der Waals surface area (Å²) < 4.78 is 47.8. The maximum absolute atomic E-state index is 12.4. The molecule has 1 N–H and O–H groups in total. The van der Waals surface area contributed by atoms with Crippen molar-refractivity contribution in [3.05, 3.63) is 0 Å². The van der Waals surface area contributed by atoms with E-state index in [0.29, 0.717) is 0 Å². The van der Waals surface area contributed by atoms with Crippen molar-refractivity contribution in [2.24, 2.45) is 0 Å². The van der Waals surface area contributed by atoms with E-state index in [1.165, 1.54) is 7.05 Å². The molecule has 2 unspecified atom stereocenters. The second-order valence-electron chi connectivity index (χ2n) is 2.18. The molecule has 0 amide bonds. The van der Waals surface area contributed by atoms with Crippen LogP contribution >= 0.6 is 0 Å². The Bertz CT molecular complexity index is 152. The maximum atomic E-state index is 12.4. The molecule has 6 heteroatoms. The van der Waals surface area contributed by atoms with Gasteiger partial charge in [0.25, 0.3) is 6.43 Å². The summed E-state index contributed by atoms with van der Waals surface area (Å²) >= 11 is 0. The third kappa shape index (κ3) is 3.17. The summed E-state index contributed by atoms with van der Waals surface area (Å²) in [6.07, 6.45) is -8.40. The molecular weight excluding hydrogens is 178 g/mol. The number of halogens is 4. The molecule has 0 heterocycles. The van der Waals surface area contributed by atoms with E-state index in [2.05, 4.69) is 5.32 Å². The molecule has 0 aromatic rings. The van der Waals surface area contributed by atoms with Crippen molar-refractivity contribution in [3.63, 3.8) is 0 Å². The normalized spacial score (nSPS) is 16.2. The van der Waals surface area contributed by atoms with E-state index in [9.17, 15) is 22.4 Å². The average Bonchev–Trinajstić information content (AvgIpc) is 2.02. The van der Waals surface area contributed by atoms with E-state index in [-0.39, 0.29) is 0 Å². The molecule has 0 saturated carbocycles. The lowest BCUT2D eigenvalue weighted by atomic mass is 10.1. The Hall–Kier alpha value is -0.650. The van der Waals surface area contributed by atoms with Crippen molar-refractivity contribution in [1.82, 2.24) is 5.32 Å². The summed E-state index contributed by atoms with van der Waals surface area (Å²) in [4.78, 5) is 10.2. The zero-order valence-corrected chi connectivity index (χ0v) is 6.36. The van der Waals surface area contributed by atoms with Gasteiger partial charge in [0.1, 0.15) is 0 Å². The van der Waals surface area contributed by atoms with Gasteiger partial charge in [0.05, 0.1) is 0 Å².